The van der Waals surface area contributed by atoms with Crippen molar-refractivity contribution < 1.29 is 13.2 Å². The van der Waals surface area contributed by atoms with Crippen LogP contribution in [0.4, 0.5) is 21.9 Å². The maximum absolute atomic E-state index is 12.7. The Morgan fingerprint density at radius 2 is 1.46 bits per heavy atom. The van der Waals surface area contributed by atoms with Crippen LogP contribution in [0.1, 0.15) is 5.56 Å². The summed E-state index contributed by atoms with van der Waals surface area (Å²) in [5, 5.41) is 5.83. The minimum atomic E-state index is -3.79. The van der Waals surface area contributed by atoms with Crippen LogP contribution in [0.15, 0.2) is 77.7 Å². The molecule has 0 radical (unpaired) electrons. The van der Waals surface area contributed by atoms with Gasteiger partial charge in [0.1, 0.15) is 0 Å². The maximum atomic E-state index is 12.7. The first-order valence-corrected chi connectivity index (χ1v) is 10.2. The fraction of sp³-hybridized carbons (Fsp3) is 0.0500. The highest BCUT2D eigenvalue weighted by Gasteiger charge is 2.17. The Kier molecular flexibility index (Phi) is 5.87. The van der Waals surface area contributed by atoms with Crippen LogP contribution in [0.5, 0.6) is 0 Å². The van der Waals surface area contributed by atoms with Crippen LogP contribution in [-0.4, -0.2) is 14.4 Å². The van der Waals surface area contributed by atoms with Crippen molar-refractivity contribution >= 4 is 44.7 Å². The molecule has 3 aromatic rings. The van der Waals surface area contributed by atoms with Gasteiger partial charge in [0.25, 0.3) is 10.0 Å². The lowest BCUT2D eigenvalue weighted by atomic mass is 10.2. The highest BCUT2D eigenvalue weighted by Crippen LogP contribution is 2.23. The summed E-state index contributed by atoms with van der Waals surface area (Å²) >= 11 is 5.89. The van der Waals surface area contributed by atoms with Gasteiger partial charge < -0.3 is 10.6 Å². The summed E-state index contributed by atoms with van der Waals surface area (Å²) in [6.07, 6.45) is 0. The number of benzene rings is 3. The van der Waals surface area contributed by atoms with Crippen LogP contribution < -0.4 is 15.4 Å². The van der Waals surface area contributed by atoms with E-state index in [1.807, 2.05) is 18.2 Å². The van der Waals surface area contributed by atoms with E-state index in [9.17, 15) is 13.2 Å². The molecule has 2 amide bonds. The quantitative estimate of drug-likeness (QED) is 0.542. The van der Waals surface area contributed by atoms with E-state index in [2.05, 4.69) is 15.4 Å². The number of rotatable bonds is 5. The predicted octanol–water partition coefficient (Wildman–Crippen LogP) is 5.09. The zero-order chi connectivity index (χ0) is 20.1. The molecule has 0 aliphatic carbocycles. The molecule has 6 nitrogen and oxygen atoms in total. The van der Waals surface area contributed by atoms with Gasteiger partial charge in [0.15, 0.2) is 0 Å². The number of halogens is 1. The molecule has 144 valence electrons. The number of hydrogen-bond donors (Lipinski definition) is 3. The Morgan fingerprint density at radius 3 is 2.18 bits per heavy atom. The number of urea groups is 1. The van der Waals surface area contributed by atoms with E-state index in [0.29, 0.717) is 27.6 Å². The van der Waals surface area contributed by atoms with Gasteiger partial charge in [0.2, 0.25) is 0 Å². The van der Waals surface area contributed by atoms with Gasteiger partial charge in [-0.25, -0.2) is 13.2 Å². The zero-order valence-electron chi connectivity index (χ0n) is 14.9. The third kappa shape index (κ3) is 5.03. The summed E-state index contributed by atoms with van der Waals surface area (Å²) < 4.78 is 27.8. The standard InChI is InChI=1S/C20H18ClN3O3S/c1-14-12-15(21)10-11-19(14)28(26,27)24-18-9-5-8-17(13-18)23-20(25)22-16-6-3-2-4-7-16/h2-13,24H,1H3,(H2,22,23,25). The van der Waals surface area contributed by atoms with Gasteiger partial charge in [-0.3, -0.25) is 4.72 Å². The summed E-state index contributed by atoms with van der Waals surface area (Å²) in [6.45, 7) is 1.67. The Bertz CT molecular complexity index is 1100. The van der Waals surface area contributed by atoms with Gasteiger partial charge in [-0.1, -0.05) is 35.9 Å². The lowest BCUT2D eigenvalue weighted by Gasteiger charge is -2.12. The van der Waals surface area contributed by atoms with Gasteiger partial charge in [0.05, 0.1) is 10.6 Å². The highest BCUT2D eigenvalue weighted by molar-refractivity contribution is 7.92. The van der Waals surface area contributed by atoms with Crippen LogP contribution in [0, 0.1) is 6.92 Å². The summed E-state index contributed by atoms with van der Waals surface area (Å²) in [5.74, 6) is 0. The second-order valence-electron chi connectivity index (χ2n) is 6.04. The zero-order valence-corrected chi connectivity index (χ0v) is 16.5. The molecule has 0 bridgehead atoms. The Labute approximate surface area is 168 Å². The van der Waals surface area contributed by atoms with Crippen molar-refractivity contribution in [2.45, 2.75) is 11.8 Å². The van der Waals surface area contributed by atoms with Gasteiger partial charge >= 0.3 is 6.03 Å². The molecule has 3 aromatic carbocycles. The topological polar surface area (TPSA) is 87.3 Å². The Balaban J connectivity index is 1.73. The molecule has 8 heteroatoms. The molecule has 0 aliphatic rings. The van der Waals surface area contributed by atoms with Crippen LogP contribution in [0.3, 0.4) is 0 Å². The number of hydrogen-bond acceptors (Lipinski definition) is 3. The number of sulfonamides is 1. The van der Waals surface area contributed by atoms with Crippen molar-refractivity contribution in [1.29, 1.82) is 0 Å². The van der Waals surface area contributed by atoms with Crippen LogP contribution >= 0.6 is 11.6 Å². The highest BCUT2D eigenvalue weighted by atomic mass is 35.5. The van der Waals surface area contributed by atoms with Crippen molar-refractivity contribution in [3.8, 4) is 0 Å². The summed E-state index contributed by atoms with van der Waals surface area (Å²) in [5.41, 5.74) is 1.96. The number of aryl methyl sites for hydroxylation is 1. The summed E-state index contributed by atoms with van der Waals surface area (Å²) in [4.78, 5) is 12.2. The molecule has 3 rings (SSSR count). The number of nitrogens with one attached hydrogen (secondary N) is 3. The number of carbonyl (C=O) groups is 1. The first-order chi connectivity index (χ1) is 13.3. The largest absolute Gasteiger partial charge is 0.323 e. The molecular formula is C20H18ClN3O3S. The van der Waals surface area contributed by atoms with Crippen LogP contribution in [0.2, 0.25) is 5.02 Å². The second kappa shape index (κ2) is 8.33. The second-order valence-corrected chi connectivity index (χ2v) is 8.13. The predicted molar refractivity (Wildman–Crippen MR) is 113 cm³/mol. The maximum Gasteiger partial charge on any atom is 0.323 e. The third-order valence-corrected chi connectivity index (χ3v) is 5.61. The smallest absolute Gasteiger partial charge is 0.308 e. The van der Waals surface area contributed by atoms with Gasteiger partial charge in [-0.2, -0.15) is 0 Å². The fourth-order valence-electron chi connectivity index (χ4n) is 2.60. The average Bonchev–Trinajstić information content (AvgIpc) is 2.62. The molecule has 0 atom stereocenters. The molecule has 0 fully saturated rings. The molecule has 3 N–H and O–H groups in total. The van der Waals surface area contributed by atoms with Gasteiger partial charge in [-0.05, 0) is 61.0 Å². The third-order valence-electron chi connectivity index (χ3n) is 3.83. The monoisotopic (exact) mass is 415 g/mol. The van der Waals surface area contributed by atoms with E-state index in [4.69, 9.17) is 11.6 Å². The molecule has 0 heterocycles. The van der Waals surface area contributed by atoms with E-state index < -0.39 is 16.1 Å². The minimum Gasteiger partial charge on any atom is -0.308 e. The summed E-state index contributed by atoms with van der Waals surface area (Å²) in [6, 6.07) is 19.6. The van der Waals surface area contributed by atoms with Gasteiger partial charge in [-0.15, -0.1) is 0 Å². The first-order valence-electron chi connectivity index (χ1n) is 8.35. The normalized spacial score (nSPS) is 10.9. The number of amides is 2. The van der Waals surface area contributed by atoms with E-state index in [-0.39, 0.29) is 4.90 Å². The molecule has 0 unspecified atom stereocenters. The van der Waals surface area contributed by atoms with E-state index in [1.54, 1.807) is 43.3 Å². The van der Waals surface area contributed by atoms with Crippen molar-refractivity contribution in [2.24, 2.45) is 0 Å². The SMILES string of the molecule is Cc1cc(Cl)ccc1S(=O)(=O)Nc1cccc(NC(=O)Nc2ccccc2)c1. The van der Waals surface area contributed by atoms with Crippen molar-refractivity contribution in [3.05, 3.63) is 83.4 Å². The molecule has 0 saturated heterocycles. The molecule has 28 heavy (non-hydrogen) atoms. The van der Waals surface area contributed by atoms with E-state index in [0.717, 1.165) is 0 Å². The average molecular weight is 416 g/mol. The molecule has 0 aliphatic heterocycles. The number of carbonyl (C=O) groups excluding carboxylic acids is 1. The molecule has 0 spiro atoms. The minimum absolute atomic E-state index is 0.136. The molecular weight excluding hydrogens is 398 g/mol. The van der Waals surface area contributed by atoms with E-state index >= 15 is 0 Å². The van der Waals surface area contributed by atoms with Crippen molar-refractivity contribution in [2.75, 3.05) is 15.4 Å². The molecule has 0 saturated carbocycles. The summed E-state index contributed by atoms with van der Waals surface area (Å²) in [7, 11) is -3.79. The van der Waals surface area contributed by atoms with Gasteiger partial charge in [0, 0.05) is 16.4 Å². The number of anilines is 3. The lowest BCUT2D eigenvalue weighted by Crippen LogP contribution is -2.19. The molecule has 0 aromatic heterocycles. The van der Waals surface area contributed by atoms with E-state index in [1.165, 1.54) is 18.2 Å². The first kappa shape index (κ1) is 19.7. The number of para-hydroxylation sites is 1. The fourth-order valence-corrected chi connectivity index (χ4v) is 4.10. The Morgan fingerprint density at radius 1 is 0.821 bits per heavy atom. The van der Waals surface area contributed by atoms with Crippen LogP contribution in [0.25, 0.3) is 0 Å². The Hall–Kier alpha value is -3.03. The van der Waals surface area contributed by atoms with Crippen molar-refractivity contribution in [1.82, 2.24) is 0 Å². The van der Waals surface area contributed by atoms with Crippen LogP contribution in [-0.2, 0) is 10.0 Å². The van der Waals surface area contributed by atoms with Crippen molar-refractivity contribution in [3.63, 3.8) is 0 Å². The lowest BCUT2D eigenvalue weighted by molar-refractivity contribution is 0.262.